The van der Waals surface area contributed by atoms with Crippen molar-refractivity contribution < 1.29 is 19.5 Å². The zero-order valence-electron chi connectivity index (χ0n) is 11.5. The van der Waals surface area contributed by atoms with Crippen LogP contribution in [0.3, 0.4) is 0 Å². The Hall–Kier alpha value is -1.63. The number of nitrogens with one attached hydrogen (secondary N) is 1. The Morgan fingerprint density at radius 2 is 1.89 bits per heavy atom. The van der Waals surface area contributed by atoms with Crippen molar-refractivity contribution in [1.82, 2.24) is 10.2 Å². The predicted molar refractivity (Wildman–Crippen MR) is 70.4 cm³/mol. The molecular weight excluding hydrogens is 250 g/mol. The smallest absolute Gasteiger partial charge is 0.317 e. The van der Waals surface area contributed by atoms with Crippen LogP contribution in [-0.4, -0.2) is 53.5 Å². The van der Waals surface area contributed by atoms with Crippen molar-refractivity contribution >= 4 is 17.8 Å². The van der Waals surface area contributed by atoms with Gasteiger partial charge in [-0.2, -0.15) is 0 Å². The number of carbonyl (C=O) groups excluding carboxylic acids is 2. The van der Waals surface area contributed by atoms with E-state index >= 15 is 0 Å². The second-order valence-electron chi connectivity index (χ2n) is 4.44. The van der Waals surface area contributed by atoms with Gasteiger partial charge in [0.15, 0.2) is 0 Å². The third kappa shape index (κ3) is 8.15. The average Bonchev–Trinajstić information content (AvgIpc) is 2.31. The quantitative estimate of drug-likeness (QED) is 0.467. The molecule has 4 N–H and O–H groups in total. The van der Waals surface area contributed by atoms with E-state index in [1.807, 2.05) is 0 Å². The van der Waals surface area contributed by atoms with E-state index in [1.165, 1.54) is 4.90 Å². The highest BCUT2D eigenvalue weighted by molar-refractivity contribution is 5.84. The maximum atomic E-state index is 11.8. The maximum absolute atomic E-state index is 11.8. The van der Waals surface area contributed by atoms with Gasteiger partial charge in [-0.25, -0.2) is 0 Å². The fourth-order valence-electron chi connectivity index (χ4n) is 1.60. The van der Waals surface area contributed by atoms with Crippen molar-refractivity contribution in [3.05, 3.63) is 0 Å². The van der Waals surface area contributed by atoms with Crippen molar-refractivity contribution in [2.24, 2.45) is 5.73 Å². The van der Waals surface area contributed by atoms with Crippen LogP contribution in [0.4, 0.5) is 0 Å². The van der Waals surface area contributed by atoms with Crippen LogP contribution in [-0.2, 0) is 14.4 Å². The number of amides is 2. The van der Waals surface area contributed by atoms with Gasteiger partial charge < -0.3 is 16.2 Å². The third-order valence-corrected chi connectivity index (χ3v) is 2.70. The maximum Gasteiger partial charge on any atom is 0.317 e. The second-order valence-corrected chi connectivity index (χ2v) is 4.44. The molecule has 0 aliphatic rings. The molecule has 0 aromatic rings. The lowest BCUT2D eigenvalue weighted by molar-refractivity contribution is -0.140. The number of nitrogens with two attached hydrogens (primary N) is 1. The van der Waals surface area contributed by atoms with E-state index in [1.54, 1.807) is 6.92 Å². The number of aliphatic carboxylic acids is 1. The van der Waals surface area contributed by atoms with Crippen LogP contribution in [0.1, 0.15) is 33.1 Å². The molecule has 7 nitrogen and oxygen atoms in total. The molecule has 0 radical (unpaired) electrons. The van der Waals surface area contributed by atoms with Crippen molar-refractivity contribution in [2.45, 2.75) is 39.2 Å². The minimum atomic E-state index is -1.10. The fourth-order valence-corrected chi connectivity index (χ4v) is 1.60. The van der Waals surface area contributed by atoms with E-state index in [0.717, 1.165) is 19.3 Å². The number of hydrogen-bond acceptors (Lipinski definition) is 4. The molecule has 0 bridgehead atoms. The zero-order valence-corrected chi connectivity index (χ0v) is 11.5. The predicted octanol–water partition coefficient (Wildman–Crippen LogP) is -0.447. The van der Waals surface area contributed by atoms with Crippen molar-refractivity contribution in [2.75, 3.05) is 19.6 Å². The zero-order chi connectivity index (χ0) is 14.8. The molecule has 1 atom stereocenters. The molecule has 110 valence electrons. The van der Waals surface area contributed by atoms with Gasteiger partial charge in [0.25, 0.3) is 0 Å². The summed E-state index contributed by atoms with van der Waals surface area (Å²) in [6, 6.07) is -0.703. The molecule has 0 saturated heterocycles. The van der Waals surface area contributed by atoms with Gasteiger partial charge in [0.1, 0.15) is 0 Å². The molecule has 19 heavy (non-hydrogen) atoms. The van der Waals surface area contributed by atoms with Crippen LogP contribution in [0, 0.1) is 0 Å². The summed E-state index contributed by atoms with van der Waals surface area (Å²) in [5, 5.41) is 11.5. The Bertz CT molecular complexity index is 304. The number of unbranched alkanes of at least 4 members (excludes halogenated alkanes) is 2. The van der Waals surface area contributed by atoms with Crippen molar-refractivity contribution in [3.8, 4) is 0 Å². The van der Waals surface area contributed by atoms with Gasteiger partial charge in [-0.05, 0) is 13.3 Å². The summed E-state index contributed by atoms with van der Waals surface area (Å²) >= 11 is 0. The fraction of sp³-hybridized carbons (Fsp3) is 0.750. The average molecular weight is 273 g/mol. The normalized spacial score (nSPS) is 12.2. The molecule has 0 saturated carbocycles. The first-order valence-electron chi connectivity index (χ1n) is 6.40. The highest BCUT2D eigenvalue weighted by Crippen LogP contribution is 2.00. The van der Waals surface area contributed by atoms with Crippen LogP contribution < -0.4 is 11.1 Å². The van der Waals surface area contributed by atoms with E-state index in [9.17, 15) is 14.4 Å². The number of hydrogen-bond donors (Lipinski definition) is 3. The topological polar surface area (TPSA) is 113 Å². The van der Waals surface area contributed by atoms with Crippen LogP contribution in [0.25, 0.3) is 0 Å². The molecule has 0 heterocycles. The van der Waals surface area contributed by atoms with Crippen LogP contribution >= 0.6 is 0 Å². The number of nitrogens with zero attached hydrogens (tertiary/aromatic N) is 1. The summed E-state index contributed by atoms with van der Waals surface area (Å²) in [6.45, 7) is 3.52. The van der Waals surface area contributed by atoms with Gasteiger partial charge in [-0.15, -0.1) is 0 Å². The molecule has 0 spiro atoms. The minimum absolute atomic E-state index is 0.254. The molecule has 0 fully saturated rings. The molecule has 2 amide bonds. The van der Waals surface area contributed by atoms with E-state index in [2.05, 4.69) is 12.2 Å². The number of carboxylic acids is 1. The Morgan fingerprint density at radius 3 is 2.37 bits per heavy atom. The Labute approximate surface area is 113 Å². The lowest BCUT2D eigenvalue weighted by Gasteiger charge is -2.25. The molecule has 7 heteroatoms. The Morgan fingerprint density at radius 1 is 1.26 bits per heavy atom. The van der Waals surface area contributed by atoms with Gasteiger partial charge in [-0.1, -0.05) is 19.8 Å². The van der Waals surface area contributed by atoms with E-state index in [-0.39, 0.29) is 12.5 Å². The number of carboxylic acid groups (broad SMARTS) is 1. The van der Waals surface area contributed by atoms with E-state index < -0.39 is 24.5 Å². The van der Waals surface area contributed by atoms with E-state index in [4.69, 9.17) is 10.8 Å². The molecular formula is C12H23N3O4. The van der Waals surface area contributed by atoms with Crippen molar-refractivity contribution in [3.63, 3.8) is 0 Å². The number of rotatable bonds is 10. The number of primary amides is 1. The first-order chi connectivity index (χ1) is 8.88. The number of carbonyl (C=O) groups is 3. The third-order valence-electron chi connectivity index (χ3n) is 2.70. The first kappa shape index (κ1) is 17.4. The molecule has 0 rings (SSSR count). The molecule has 1 unspecified atom stereocenters. The highest BCUT2D eigenvalue weighted by atomic mass is 16.4. The van der Waals surface area contributed by atoms with Gasteiger partial charge >= 0.3 is 5.97 Å². The SMILES string of the molecule is CCCCCNC(=O)C(C)N(CC(N)=O)CC(=O)O. The summed E-state index contributed by atoms with van der Waals surface area (Å²) in [5.74, 6) is -2.06. The molecule has 0 aliphatic carbocycles. The summed E-state index contributed by atoms with van der Waals surface area (Å²) in [4.78, 5) is 34.6. The summed E-state index contributed by atoms with van der Waals surface area (Å²) < 4.78 is 0. The van der Waals surface area contributed by atoms with Crippen LogP contribution in [0.2, 0.25) is 0 Å². The van der Waals surface area contributed by atoms with Crippen LogP contribution in [0.5, 0.6) is 0 Å². The largest absolute Gasteiger partial charge is 0.480 e. The summed E-state index contributed by atoms with van der Waals surface area (Å²) in [6.07, 6.45) is 2.96. The molecule has 0 aliphatic heterocycles. The summed E-state index contributed by atoms with van der Waals surface area (Å²) in [5.41, 5.74) is 5.04. The minimum Gasteiger partial charge on any atom is -0.480 e. The lowest BCUT2D eigenvalue weighted by atomic mass is 10.2. The standard InChI is InChI=1S/C12H23N3O4/c1-3-4-5-6-14-12(19)9(2)15(7-10(13)16)8-11(17)18/h9H,3-8H2,1-2H3,(H2,13,16)(H,14,19)(H,17,18). The van der Waals surface area contributed by atoms with Gasteiger partial charge in [0.05, 0.1) is 19.1 Å². The van der Waals surface area contributed by atoms with E-state index in [0.29, 0.717) is 6.54 Å². The molecule has 0 aromatic carbocycles. The summed E-state index contributed by atoms with van der Waals surface area (Å²) in [7, 11) is 0. The molecule has 0 aromatic heterocycles. The van der Waals surface area contributed by atoms with Gasteiger partial charge in [-0.3, -0.25) is 19.3 Å². The first-order valence-corrected chi connectivity index (χ1v) is 6.40. The monoisotopic (exact) mass is 273 g/mol. The van der Waals surface area contributed by atoms with Crippen LogP contribution in [0.15, 0.2) is 0 Å². The second kappa shape index (κ2) is 9.32. The van der Waals surface area contributed by atoms with Gasteiger partial charge in [0.2, 0.25) is 11.8 Å². The van der Waals surface area contributed by atoms with Crippen molar-refractivity contribution in [1.29, 1.82) is 0 Å². The Balaban J connectivity index is 4.34. The lowest BCUT2D eigenvalue weighted by Crippen LogP contribution is -2.50. The Kier molecular flexibility index (Phi) is 8.52. The van der Waals surface area contributed by atoms with Gasteiger partial charge in [0, 0.05) is 6.54 Å². The highest BCUT2D eigenvalue weighted by Gasteiger charge is 2.24.